The summed E-state index contributed by atoms with van der Waals surface area (Å²) in [7, 11) is 6.64. The molecule has 5 heteroatoms. The number of piperazine rings is 2. The van der Waals surface area contributed by atoms with Gasteiger partial charge in [0.05, 0.1) is 0 Å². The lowest BCUT2D eigenvalue weighted by Crippen LogP contribution is -2.51. The van der Waals surface area contributed by atoms with E-state index < -0.39 is 0 Å². The fraction of sp³-hybridized carbons (Fsp3) is 1.00. The Morgan fingerprint density at radius 2 is 1.37 bits per heavy atom. The summed E-state index contributed by atoms with van der Waals surface area (Å²) in [6.07, 6.45) is 2.85. The second-order valence-electron chi connectivity index (χ2n) is 10.8. The standard InChI is InChI=1S/C9H19N.2C8H18N2/c1-8(2)9-5-4-6-10(3)7-9;1-8(2)10-6-4-9(3)5-7-10;1-7(2)8-6-9-4-5-10(8)3/h8-9H,4-7H2,1-3H3;8H,4-7H2,1-3H3;7-9H,4-6H2,1-3H3. The van der Waals surface area contributed by atoms with Crippen molar-refractivity contribution < 1.29 is 0 Å². The Morgan fingerprint density at radius 3 is 1.77 bits per heavy atom. The largest absolute Gasteiger partial charge is 0.314 e. The molecule has 0 spiro atoms. The Labute approximate surface area is 189 Å². The average molecular weight is 426 g/mol. The number of piperidine rings is 1. The number of hydrogen-bond acceptors (Lipinski definition) is 5. The molecule has 0 saturated carbocycles. The molecule has 30 heavy (non-hydrogen) atoms. The number of nitrogens with one attached hydrogen (secondary N) is 1. The molecule has 2 unspecified atom stereocenters. The van der Waals surface area contributed by atoms with Crippen molar-refractivity contribution in [2.75, 3.05) is 80.0 Å². The summed E-state index contributed by atoms with van der Waals surface area (Å²) >= 11 is 0. The molecule has 3 fully saturated rings. The zero-order valence-electron chi connectivity index (χ0n) is 22.0. The summed E-state index contributed by atoms with van der Waals surface area (Å²) in [6.45, 7) is 24.9. The number of likely N-dealkylation sites (N-methyl/N-ethyl adjacent to an activating group) is 2. The minimum atomic E-state index is 0.730. The van der Waals surface area contributed by atoms with Crippen LogP contribution in [0, 0.1) is 17.8 Å². The van der Waals surface area contributed by atoms with Gasteiger partial charge in [0.2, 0.25) is 0 Å². The zero-order valence-corrected chi connectivity index (χ0v) is 22.0. The lowest BCUT2D eigenvalue weighted by atomic mass is 9.88. The van der Waals surface area contributed by atoms with Gasteiger partial charge in [0.1, 0.15) is 0 Å². The predicted molar refractivity (Wildman–Crippen MR) is 133 cm³/mol. The Morgan fingerprint density at radius 1 is 0.733 bits per heavy atom. The fourth-order valence-electron chi connectivity index (χ4n) is 4.66. The van der Waals surface area contributed by atoms with Crippen LogP contribution in [-0.4, -0.2) is 112 Å². The number of rotatable bonds is 3. The maximum absolute atomic E-state index is 3.40. The Bertz CT molecular complexity index is 418. The summed E-state index contributed by atoms with van der Waals surface area (Å²) in [6, 6.07) is 1.47. The molecule has 0 aliphatic carbocycles. The van der Waals surface area contributed by atoms with Gasteiger partial charge in [-0.15, -0.1) is 0 Å². The highest BCUT2D eigenvalue weighted by Crippen LogP contribution is 2.22. The molecule has 0 radical (unpaired) electrons. The number of nitrogens with zero attached hydrogens (tertiary/aromatic N) is 4. The first-order chi connectivity index (χ1) is 14.1. The number of hydrogen-bond donors (Lipinski definition) is 1. The molecule has 0 aromatic heterocycles. The second kappa shape index (κ2) is 14.8. The van der Waals surface area contributed by atoms with Crippen LogP contribution in [0.2, 0.25) is 0 Å². The van der Waals surface area contributed by atoms with Crippen LogP contribution < -0.4 is 5.32 Å². The first-order valence-corrected chi connectivity index (χ1v) is 12.6. The molecule has 3 rings (SSSR count). The minimum absolute atomic E-state index is 0.730. The zero-order chi connectivity index (χ0) is 22.7. The highest BCUT2D eigenvalue weighted by atomic mass is 15.3. The van der Waals surface area contributed by atoms with Gasteiger partial charge in [-0.3, -0.25) is 4.90 Å². The average Bonchev–Trinajstić information content (AvgIpc) is 2.69. The highest BCUT2D eigenvalue weighted by molar-refractivity contribution is 4.79. The molecule has 0 bridgehead atoms. The molecule has 3 aliphatic rings. The van der Waals surface area contributed by atoms with Crippen molar-refractivity contribution in [2.24, 2.45) is 17.8 Å². The lowest BCUT2D eigenvalue weighted by molar-refractivity contribution is 0.126. The molecule has 180 valence electrons. The van der Waals surface area contributed by atoms with Crippen molar-refractivity contribution in [3.05, 3.63) is 0 Å². The molecule has 0 aromatic rings. The monoisotopic (exact) mass is 425 g/mol. The molecule has 3 heterocycles. The quantitative estimate of drug-likeness (QED) is 0.749. The van der Waals surface area contributed by atoms with Crippen molar-refractivity contribution in [1.82, 2.24) is 24.9 Å². The van der Waals surface area contributed by atoms with Crippen molar-refractivity contribution in [3.63, 3.8) is 0 Å². The third-order valence-electron chi connectivity index (χ3n) is 7.20. The van der Waals surface area contributed by atoms with Crippen LogP contribution >= 0.6 is 0 Å². The van der Waals surface area contributed by atoms with E-state index in [0.717, 1.165) is 42.9 Å². The molecule has 3 aliphatic heterocycles. The van der Waals surface area contributed by atoms with Crippen LogP contribution in [-0.2, 0) is 0 Å². The van der Waals surface area contributed by atoms with E-state index in [-0.39, 0.29) is 0 Å². The first-order valence-electron chi connectivity index (χ1n) is 12.6. The molecular weight excluding hydrogens is 370 g/mol. The van der Waals surface area contributed by atoms with E-state index in [1.807, 2.05) is 0 Å². The van der Waals surface area contributed by atoms with E-state index in [9.17, 15) is 0 Å². The van der Waals surface area contributed by atoms with Crippen LogP contribution in [0.3, 0.4) is 0 Å². The smallest absolute Gasteiger partial charge is 0.0241 e. The lowest BCUT2D eigenvalue weighted by Gasteiger charge is -2.35. The summed E-state index contributed by atoms with van der Waals surface area (Å²) in [5.74, 6) is 2.61. The fourth-order valence-corrected chi connectivity index (χ4v) is 4.66. The summed E-state index contributed by atoms with van der Waals surface area (Å²) in [5, 5.41) is 3.40. The normalized spacial score (nSPS) is 27.6. The Kier molecular flexibility index (Phi) is 13.7. The van der Waals surface area contributed by atoms with E-state index in [0.29, 0.717) is 0 Å². The topological polar surface area (TPSA) is 25.0 Å². The van der Waals surface area contributed by atoms with Gasteiger partial charge in [-0.1, -0.05) is 27.7 Å². The maximum Gasteiger partial charge on any atom is 0.0241 e. The van der Waals surface area contributed by atoms with Gasteiger partial charge in [-0.2, -0.15) is 0 Å². The van der Waals surface area contributed by atoms with Gasteiger partial charge in [-0.05, 0) is 72.1 Å². The molecule has 0 amide bonds. The van der Waals surface area contributed by atoms with Crippen molar-refractivity contribution >= 4 is 0 Å². The van der Waals surface area contributed by atoms with Crippen LogP contribution in [0.15, 0.2) is 0 Å². The van der Waals surface area contributed by atoms with Crippen molar-refractivity contribution in [3.8, 4) is 0 Å². The summed E-state index contributed by atoms with van der Waals surface area (Å²) < 4.78 is 0. The van der Waals surface area contributed by atoms with E-state index in [1.54, 1.807) is 0 Å². The van der Waals surface area contributed by atoms with Gasteiger partial charge in [-0.25, -0.2) is 0 Å². The van der Waals surface area contributed by atoms with E-state index in [2.05, 4.69) is 87.6 Å². The number of likely N-dealkylation sites (tertiary alicyclic amines) is 1. The van der Waals surface area contributed by atoms with Crippen LogP contribution in [0.4, 0.5) is 0 Å². The molecule has 0 aromatic carbocycles. The molecule has 5 nitrogen and oxygen atoms in total. The SMILES string of the molecule is CC(C)C1CCCN(C)C1.CC(C)C1CNCCN1C.CC(C)N1CCN(C)CC1. The van der Waals surface area contributed by atoms with Gasteiger partial charge >= 0.3 is 0 Å². The van der Waals surface area contributed by atoms with Crippen LogP contribution in [0.1, 0.15) is 54.4 Å². The maximum atomic E-state index is 3.40. The molecule has 3 saturated heterocycles. The summed E-state index contributed by atoms with van der Waals surface area (Å²) in [4.78, 5) is 9.81. The minimum Gasteiger partial charge on any atom is -0.314 e. The highest BCUT2D eigenvalue weighted by Gasteiger charge is 2.21. The van der Waals surface area contributed by atoms with Crippen LogP contribution in [0.25, 0.3) is 0 Å². The van der Waals surface area contributed by atoms with E-state index in [1.165, 1.54) is 58.7 Å². The molecule has 2 atom stereocenters. The Balaban J connectivity index is 0.000000225. The van der Waals surface area contributed by atoms with Crippen LogP contribution in [0.5, 0.6) is 0 Å². The van der Waals surface area contributed by atoms with Gasteiger partial charge < -0.3 is 20.0 Å². The van der Waals surface area contributed by atoms with Gasteiger partial charge in [0, 0.05) is 64.4 Å². The third-order valence-corrected chi connectivity index (χ3v) is 7.20. The molecular formula is C25H55N5. The van der Waals surface area contributed by atoms with Gasteiger partial charge in [0.15, 0.2) is 0 Å². The van der Waals surface area contributed by atoms with Crippen molar-refractivity contribution in [1.29, 1.82) is 0 Å². The second-order valence-corrected chi connectivity index (χ2v) is 10.8. The first kappa shape index (κ1) is 27.8. The third kappa shape index (κ3) is 10.9. The van der Waals surface area contributed by atoms with Crippen molar-refractivity contribution in [2.45, 2.75) is 66.5 Å². The Hall–Kier alpha value is -0.200. The summed E-state index contributed by atoms with van der Waals surface area (Å²) in [5.41, 5.74) is 0. The predicted octanol–water partition coefficient (Wildman–Crippen LogP) is 3.17. The molecule has 1 N–H and O–H groups in total. The van der Waals surface area contributed by atoms with E-state index in [4.69, 9.17) is 0 Å². The van der Waals surface area contributed by atoms with Gasteiger partial charge in [0.25, 0.3) is 0 Å². The van der Waals surface area contributed by atoms with E-state index >= 15 is 0 Å².